The largest absolute Gasteiger partial charge is 0.493 e. The molecule has 3 atom stereocenters. The lowest BCUT2D eigenvalue weighted by molar-refractivity contribution is 0.0115. The van der Waals surface area contributed by atoms with Crippen LogP contribution >= 0.6 is 11.3 Å². The number of fused-ring (bicyclic) bond motifs is 3. The minimum Gasteiger partial charge on any atom is -0.493 e. The smallest absolute Gasteiger partial charge is 0.184 e. The van der Waals surface area contributed by atoms with Gasteiger partial charge < -0.3 is 20.5 Å². The van der Waals surface area contributed by atoms with E-state index in [-0.39, 0.29) is 18.2 Å². The molecule has 6 heteroatoms. The molecule has 1 fully saturated rings. The predicted octanol–water partition coefficient (Wildman–Crippen LogP) is 2.15. The molecular weight excluding hydrogens is 286 g/mol. The average molecular weight is 305 g/mol. The van der Waals surface area contributed by atoms with Gasteiger partial charge in [0, 0.05) is 24.1 Å². The van der Waals surface area contributed by atoms with Crippen molar-refractivity contribution in [3.8, 4) is 5.75 Å². The molecule has 3 N–H and O–H groups in total. The molecule has 2 aliphatic heterocycles. The van der Waals surface area contributed by atoms with Gasteiger partial charge in [0.2, 0.25) is 0 Å². The van der Waals surface area contributed by atoms with Crippen molar-refractivity contribution in [1.29, 1.82) is 0 Å². The second-order valence-corrected chi connectivity index (χ2v) is 6.83. The molecule has 2 aromatic rings. The third kappa shape index (κ3) is 2.37. The van der Waals surface area contributed by atoms with E-state index < -0.39 is 0 Å². The Morgan fingerprint density at radius 2 is 2.33 bits per heavy atom. The van der Waals surface area contributed by atoms with Crippen molar-refractivity contribution in [1.82, 2.24) is 4.98 Å². The molecule has 1 aromatic heterocycles. The van der Waals surface area contributed by atoms with Crippen molar-refractivity contribution in [2.75, 3.05) is 18.5 Å². The summed E-state index contributed by atoms with van der Waals surface area (Å²) in [6, 6.07) is 4.38. The van der Waals surface area contributed by atoms with Crippen LogP contribution in [0.3, 0.4) is 0 Å². The number of nitrogens with one attached hydrogen (secondary N) is 1. The van der Waals surface area contributed by atoms with Crippen molar-refractivity contribution in [2.24, 2.45) is 5.73 Å². The SMILES string of the molecule is C[C@H]1C[C@@H](Nc2nc3c4c(ccc3s2)OCC4)[C@@H](N)CO1. The minimum absolute atomic E-state index is 0.0160. The van der Waals surface area contributed by atoms with Gasteiger partial charge >= 0.3 is 0 Å². The first-order chi connectivity index (χ1) is 10.2. The molecule has 5 nitrogen and oxygen atoms in total. The summed E-state index contributed by atoms with van der Waals surface area (Å²) in [4.78, 5) is 4.77. The van der Waals surface area contributed by atoms with E-state index in [1.807, 2.05) is 0 Å². The number of hydrogen-bond acceptors (Lipinski definition) is 6. The number of ether oxygens (including phenoxy) is 2. The summed E-state index contributed by atoms with van der Waals surface area (Å²) >= 11 is 1.69. The maximum absolute atomic E-state index is 6.14. The van der Waals surface area contributed by atoms with Gasteiger partial charge in [-0.2, -0.15) is 0 Å². The maximum Gasteiger partial charge on any atom is 0.184 e. The summed E-state index contributed by atoms with van der Waals surface area (Å²) in [7, 11) is 0. The summed E-state index contributed by atoms with van der Waals surface area (Å²) < 4.78 is 12.4. The highest BCUT2D eigenvalue weighted by Crippen LogP contribution is 2.36. The molecule has 4 rings (SSSR count). The Hall–Kier alpha value is -1.37. The molecule has 0 spiro atoms. The van der Waals surface area contributed by atoms with Crippen molar-refractivity contribution >= 4 is 26.7 Å². The zero-order chi connectivity index (χ0) is 14.4. The lowest BCUT2D eigenvalue weighted by atomic mass is 10.0. The Morgan fingerprint density at radius 1 is 1.43 bits per heavy atom. The summed E-state index contributed by atoms with van der Waals surface area (Å²) in [6.07, 6.45) is 2.11. The number of benzene rings is 1. The summed E-state index contributed by atoms with van der Waals surface area (Å²) in [5, 5.41) is 4.45. The highest BCUT2D eigenvalue weighted by molar-refractivity contribution is 7.22. The third-order valence-corrected chi connectivity index (χ3v) is 5.17. The molecule has 1 aromatic carbocycles. The zero-order valence-electron chi connectivity index (χ0n) is 12.0. The number of hydrogen-bond donors (Lipinski definition) is 2. The highest BCUT2D eigenvalue weighted by atomic mass is 32.1. The fourth-order valence-corrected chi connectivity index (χ4v) is 4.01. The van der Waals surface area contributed by atoms with E-state index >= 15 is 0 Å². The molecule has 0 aliphatic carbocycles. The first-order valence-corrected chi connectivity index (χ1v) is 8.21. The molecule has 21 heavy (non-hydrogen) atoms. The first kappa shape index (κ1) is 13.3. The van der Waals surface area contributed by atoms with Crippen molar-refractivity contribution in [2.45, 2.75) is 38.0 Å². The standard InChI is InChI=1S/C15H19N3O2S/c1-8-6-11(10(16)7-20-8)17-15-18-14-9-4-5-19-12(9)2-3-13(14)21-15/h2-3,8,10-11H,4-7,16H2,1H3,(H,17,18)/t8-,10-,11+/m0/s1. The summed E-state index contributed by atoms with van der Waals surface area (Å²) in [5.74, 6) is 0.982. The molecule has 0 saturated carbocycles. The van der Waals surface area contributed by atoms with Crippen LogP contribution in [0.1, 0.15) is 18.9 Å². The topological polar surface area (TPSA) is 69.4 Å². The second-order valence-electron chi connectivity index (χ2n) is 5.80. The van der Waals surface area contributed by atoms with E-state index in [2.05, 4.69) is 24.4 Å². The lowest BCUT2D eigenvalue weighted by Crippen LogP contribution is -2.49. The number of aromatic nitrogens is 1. The molecule has 0 unspecified atom stereocenters. The fraction of sp³-hybridized carbons (Fsp3) is 0.533. The number of rotatable bonds is 2. The van der Waals surface area contributed by atoms with Crippen molar-refractivity contribution in [3.63, 3.8) is 0 Å². The lowest BCUT2D eigenvalue weighted by Gasteiger charge is -2.33. The molecule has 0 radical (unpaired) electrons. The molecule has 112 valence electrons. The van der Waals surface area contributed by atoms with Crippen LogP contribution in [-0.2, 0) is 11.2 Å². The third-order valence-electron chi connectivity index (χ3n) is 4.22. The van der Waals surface area contributed by atoms with Gasteiger partial charge in [0.15, 0.2) is 5.13 Å². The monoisotopic (exact) mass is 305 g/mol. The Labute approximate surface area is 127 Å². The van der Waals surface area contributed by atoms with Crippen LogP contribution in [0.25, 0.3) is 10.2 Å². The van der Waals surface area contributed by atoms with Gasteiger partial charge in [0.25, 0.3) is 0 Å². The molecule has 0 bridgehead atoms. The van der Waals surface area contributed by atoms with Gasteiger partial charge in [-0.1, -0.05) is 11.3 Å². The molecule has 2 aliphatic rings. The Kier molecular flexibility index (Phi) is 3.24. The van der Waals surface area contributed by atoms with Crippen LogP contribution in [0.4, 0.5) is 5.13 Å². The van der Waals surface area contributed by atoms with Gasteiger partial charge in [-0.3, -0.25) is 0 Å². The number of nitrogens with two attached hydrogens (primary N) is 1. The number of anilines is 1. The summed E-state index contributed by atoms with van der Waals surface area (Å²) in [5.41, 5.74) is 8.46. The Balaban J connectivity index is 1.62. The predicted molar refractivity (Wildman–Crippen MR) is 84.2 cm³/mol. The van der Waals surface area contributed by atoms with E-state index in [0.717, 1.165) is 35.8 Å². The van der Waals surface area contributed by atoms with E-state index in [9.17, 15) is 0 Å². The van der Waals surface area contributed by atoms with Gasteiger partial charge in [-0.25, -0.2) is 4.98 Å². The van der Waals surface area contributed by atoms with Crippen molar-refractivity contribution in [3.05, 3.63) is 17.7 Å². The number of nitrogens with zero attached hydrogens (tertiary/aromatic N) is 1. The van der Waals surface area contributed by atoms with E-state index in [0.29, 0.717) is 6.61 Å². The molecule has 3 heterocycles. The van der Waals surface area contributed by atoms with Gasteiger partial charge in [-0.05, 0) is 25.5 Å². The molecule has 0 amide bonds. The Morgan fingerprint density at radius 3 is 3.24 bits per heavy atom. The normalized spacial score (nSPS) is 28.4. The van der Waals surface area contributed by atoms with Crippen LogP contribution in [0, 0.1) is 0 Å². The van der Waals surface area contributed by atoms with Crippen molar-refractivity contribution < 1.29 is 9.47 Å². The second kappa shape index (κ2) is 5.12. The number of thiazole rings is 1. The highest BCUT2D eigenvalue weighted by Gasteiger charge is 2.27. The van der Waals surface area contributed by atoms with E-state index in [1.54, 1.807) is 11.3 Å². The zero-order valence-corrected chi connectivity index (χ0v) is 12.8. The Bertz CT molecular complexity index is 672. The van der Waals surface area contributed by atoms with Crippen LogP contribution < -0.4 is 15.8 Å². The molecular formula is C15H19N3O2S. The summed E-state index contributed by atoms with van der Waals surface area (Å²) in [6.45, 7) is 3.45. The van der Waals surface area contributed by atoms with Crippen LogP contribution in [0.2, 0.25) is 0 Å². The fourth-order valence-electron chi connectivity index (χ4n) is 3.05. The van der Waals surface area contributed by atoms with Crippen LogP contribution in [-0.4, -0.2) is 36.4 Å². The average Bonchev–Trinajstić information content (AvgIpc) is 3.07. The minimum atomic E-state index is 0.0160. The van der Waals surface area contributed by atoms with E-state index in [4.69, 9.17) is 20.2 Å². The van der Waals surface area contributed by atoms with Crippen LogP contribution in [0.15, 0.2) is 12.1 Å². The van der Waals surface area contributed by atoms with Gasteiger partial charge in [0.05, 0.1) is 29.5 Å². The quantitative estimate of drug-likeness (QED) is 0.889. The maximum atomic E-state index is 6.14. The van der Waals surface area contributed by atoms with E-state index in [1.165, 1.54) is 10.3 Å². The van der Waals surface area contributed by atoms with Gasteiger partial charge in [0.1, 0.15) is 5.75 Å². The van der Waals surface area contributed by atoms with Crippen LogP contribution in [0.5, 0.6) is 5.75 Å². The van der Waals surface area contributed by atoms with Gasteiger partial charge in [-0.15, -0.1) is 0 Å². The molecule has 1 saturated heterocycles. The first-order valence-electron chi connectivity index (χ1n) is 7.39.